The van der Waals surface area contributed by atoms with E-state index < -0.39 is 18.2 Å². The Labute approximate surface area is 110 Å². The zero-order chi connectivity index (χ0) is 14.0. The summed E-state index contributed by atoms with van der Waals surface area (Å²) in [5, 5.41) is 8.85. The number of halogens is 1. The van der Waals surface area contributed by atoms with Crippen molar-refractivity contribution in [2.75, 3.05) is 13.2 Å². The fraction of sp³-hybridized carbons (Fsp3) is 0.462. The number of carboxylic acids is 1. The first-order chi connectivity index (χ1) is 8.99. The van der Waals surface area contributed by atoms with Crippen LogP contribution in [0.5, 0.6) is 11.5 Å². The second-order valence-corrected chi connectivity index (χ2v) is 4.47. The fourth-order valence-electron chi connectivity index (χ4n) is 1.96. The van der Waals surface area contributed by atoms with Gasteiger partial charge >= 0.3 is 5.97 Å². The molecule has 5 nitrogen and oxygen atoms in total. The van der Waals surface area contributed by atoms with E-state index in [1.165, 1.54) is 6.92 Å². The van der Waals surface area contributed by atoms with Crippen molar-refractivity contribution in [3.05, 3.63) is 23.3 Å². The summed E-state index contributed by atoms with van der Waals surface area (Å²) in [5.41, 5.74) is 6.51. The normalized spacial score (nSPS) is 16.8. The van der Waals surface area contributed by atoms with E-state index in [1.54, 1.807) is 12.1 Å². The van der Waals surface area contributed by atoms with E-state index in [9.17, 15) is 9.18 Å². The highest BCUT2D eigenvalue weighted by Gasteiger charge is 2.22. The van der Waals surface area contributed by atoms with Crippen LogP contribution in [0.4, 0.5) is 4.39 Å². The molecule has 0 saturated heterocycles. The Morgan fingerprint density at radius 2 is 2.16 bits per heavy atom. The lowest BCUT2D eigenvalue weighted by atomic mass is 10.00. The van der Waals surface area contributed by atoms with Gasteiger partial charge in [0.15, 0.2) is 11.5 Å². The molecular formula is C13H16FNO4. The first kappa shape index (κ1) is 13.6. The summed E-state index contributed by atoms with van der Waals surface area (Å²) in [4.78, 5) is 10.8. The molecular weight excluding hydrogens is 253 g/mol. The Balaban J connectivity index is 2.39. The molecule has 2 unspecified atom stereocenters. The first-order valence-electron chi connectivity index (χ1n) is 6.04. The molecule has 19 heavy (non-hydrogen) atoms. The zero-order valence-corrected chi connectivity index (χ0v) is 10.6. The van der Waals surface area contributed by atoms with E-state index in [-0.39, 0.29) is 6.42 Å². The monoisotopic (exact) mass is 269 g/mol. The van der Waals surface area contributed by atoms with Gasteiger partial charge < -0.3 is 20.3 Å². The van der Waals surface area contributed by atoms with E-state index in [4.69, 9.17) is 20.3 Å². The lowest BCUT2D eigenvalue weighted by Crippen LogP contribution is -2.32. The molecule has 1 aliphatic heterocycles. The highest BCUT2D eigenvalue weighted by molar-refractivity contribution is 5.74. The lowest BCUT2D eigenvalue weighted by Gasteiger charge is -2.23. The zero-order valence-electron chi connectivity index (χ0n) is 10.6. The van der Waals surface area contributed by atoms with E-state index >= 15 is 0 Å². The Morgan fingerprint density at radius 3 is 2.79 bits per heavy atom. The van der Waals surface area contributed by atoms with Gasteiger partial charge in [0.1, 0.15) is 25.4 Å². The third-order valence-corrected chi connectivity index (χ3v) is 2.96. The number of hydrogen-bond donors (Lipinski definition) is 2. The second kappa shape index (κ2) is 5.44. The third-order valence-electron chi connectivity index (χ3n) is 2.96. The van der Waals surface area contributed by atoms with E-state index in [0.29, 0.717) is 35.8 Å². The number of carboxylic acid groups (broad SMARTS) is 1. The smallest absolute Gasteiger partial charge is 0.320 e. The van der Waals surface area contributed by atoms with Crippen LogP contribution < -0.4 is 15.2 Å². The van der Waals surface area contributed by atoms with Crippen LogP contribution >= 0.6 is 0 Å². The average Bonchev–Trinajstić information content (AvgIpc) is 2.38. The molecule has 2 atom stereocenters. The van der Waals surface area contributed by atoms with Crippen LogP contribution in [0, 0.1) is 0 Å². The van der Waals surface area contributed by atoms with E-state index in [1.807, 2.05) is 0 Å². The Bertz CT molecular complexity index is 490. The lowest BCUT2D eigenvalue weighted by molar-refractivity contribution is -0.138. The van der Waals surface area contributed by atoms with Crippen molar-refractivity contribution < 1.29 is 23.8 Å². The molecule has 2 rings (SSSR count). The van der Waals surface area contributed by atoms with Crippen molar-refractivity contribution in [2.24, 2.45) is 5.73 Å². The largest absolute Gasteiger partial charge is 0.486 e. The number of benzene rings is 1. The summed E-state index contributed by atoms with van der Waals surface area (Å²) in [5.74, 6) is -0.197. The van der Waals surface area contributed by atoms with Crippen LogP contribution in [0.2, 0.25) is 0 Å². The Hall–Kier alpha value is -1.82. The van der Waals surface area contributed by atoms with Crippen molar-refractivity contribution in [1.82, 2.24) is 0 Å². The summed E-state index contributed by atoms with van der Waals surface area (Å²) in [6.45, 7) is 2.18. The number of fused-ring (bicyclic) bond motifs is 1. The molecule has 1 heterocycles. The molecule has 1 aliphatic rings. The summed E-state index contributed by atoms with van der Waals surface area (Å²) in [6.07, 6.45) is -1.10. The molecule has 0 amide bonds. The molecule has 0 bridgehead atoms. The molecule has 0 aliphatic carbocycles. The van der Waals surface area contributed by atoms with Gasteiger partial charge in [-0.05, 0) is 24.6 Å². The number of ether oxygens (including phenoxy) is 2. The van der Waals surface area contributed by atoms with Gasteiger partial charge in [-0.2, -0.15) is 0 Å². The quantitative estimate of drug-likeness (QED) is 0.864. The number of rotatable bonds is 4. The summed E-state index contributed by atoms with van der Waals surface area (Å²) in [6, 6.07) is 2.11. The molecule has 1 aromatic carbocycles. The Kier molecular flexibility index (Phi) is 3.90. The van der Waals surface area contributed by atoms with Gasteiger partial charge in [0.25, 0.3) is 0 Å². The van der Waals surface area contributed by atoms with E-state index in [0.717, 1.165) is 0 Å². The van der Waals surface area contributed by atoms with Crippen molar-refractivity contribution in [1.29, 1.82) is 0 Å². The topological polar surface area (TPSA) is 81.8 Å². The van der Waals surface area contributed by atoms with Gasteiger partial charge in [-0.1, -0.05) is 0 Å². The van der Waals surface area contributed by atoms with Crippen LogP contribution in [0.15, 0.2) is 12.1 Å². The molecule has 0 radical (unpaired) electrons. The second-order valence-electron chi connectivity index (χ2n) is 4.47. The van der Waals surface area contributed by atoms with Crippen LogP contribution in [-0.4, -0.2) is 30.3 Å². The highest BCUT2D eigenvalue weighted by Crippen LogP contribution is 2.38. The summed E-state index contributed by atoms with van der Waals surface area (Å²) in [7, 11) is 0. The minimum absolute atomic E-state index is 0.0710. The molecule has 104 valence electrons. The fourth-order valence-corrected chi connectivity index (χ4v) is 1.96. The highest BCUT2D eigenvalue weighted by atomic mass is 19.1. The predicted molar refractivity (Wildman–Crippen MR) is 66.3 cm³/mol. The Morgan fingerprint density at radius 1 is 1.47 bits per heavy atom. The van der Waals surface area contributed by atoms with Gasteiger partial charge in [0.2, 0.25) is 0 Å². The SMILES string of the molecule is CC(F)c1cc(CC(N)C(=O)O)c2c(c1)OCCO2. The molecule has 0 fully saturated rings. The van der Waals surface area contributed by atoms with Crippen LogP contribution in [0.25, 0.3) is 0 Å². The number of carbonyl (C=O) groups is 1. The summed E-state index contributed by atoms with van der Waals surface area (Å²) < 4.78 is 24.3. The van der Waals surface area contributed by atoms with Crippen molar-refractivity contribution >= 4 is 5.97 Å². The molecule has 6 heteroatoms. The van der Waals surface area contributed by atoms with Gasteiger partial charge in [-0.25, -0.2) is 4.39 Å². The molecule has 0 spiro atoms. The number of alkyl halides is 1. The molecule has 0 aromatic heterocycles. The van der Waals surface area contributed by atoms with Gasteiger partial charge in [-0.15, -0.1) is 0 Å². The van der Waals surface area contributed by atoms with Crippen molar-refractivity contribution in [2.45, 2.75) is 25.6 Å². The van der Waals surface area contributed by atoms with Gasteiger partial charge in [0, 0.05) is 12.0 Å². The predicted octanol–water partition coefficient (Wildman–Crippen LogP) is 1.44. The van der Waals surface area contributed by atoms with Crippen LogP contribution in [-0.2, 0) is 11.2 Å². The minimum atomic E-state index is -1.17. The van der Waals surface area contributed by atoms with E-state index in [2.05, 4.69) is 0 Å². The number of nitrogens with two attached hydrogens (primary N) is 1. The molecule has 3 N–H and O–H groups in total. The standard InChI is InChI=1S/C13H16FNO4/c1-7(14)8-4-9(5-10(15)13(16)17)12-11(6-8)18-2-3-19-12/h4,6-7,10H,2-3,5,15H2,1H3,(H,16,17). The van der Waals surface area contributed by atoms with Gasteiger partial charge in [0.05, 0.1) is 0 Å². The van der Waals surface area contributed by atoms with Gasteiger partial charge in [-0.3, -0.25) is 4.79 Å². The third kappa shape index (κ3) is 2.96. The molecule has 0 saturated carbocycles. The maximum absolute atomic E-state index is 13.4. The van der Waals surface area contributed by atoms with Crippen molar-refractivity contribution in [3.8, 4) is 11.5 Å². The molecule has 1 aromatic rings. The summed E-state index contributed by atoms with van der Waals surface area (Å²) >= 11 is 0. The average molecular weight is 269 g/mol. The maximum Gasteiger partial charge on any atom is 0.320 e. The number of hydrogen-bond acceptors (Lipinski definition) is 4. The van der Waals surface area contributed by atoms with Crippen molar-refractivity contribution in [3.63, 3.8) is 0 Å². The minimum Gasteiger partial charge on any atom is -0.486 e. The first-order valence-corrected chi connectivity index (χ1v) is 6.04. The maximum atomic E-state index is 13.4. The number of aliphatic carboxylic acids is 1. The van der Waals surface area contributed by atoms with Crippen LogP contribution in [0.1, 0.15) is 24.2 Å². The van der Waals surface area contributed by atoms with Crippen LogP contribution in [0.3, 0.4) is 0 Å².